The number of ether oxygens (including phenoxy) is 3. The Bertz CT molecular complexity index is 890. The fourth-order valence-corrected chi connectivity index (χ4v) is 3.85. The topological polar surface area (TPSA) is 71.5 Å². The predicted octanol–water partition coefficient (Wildman–Crippen LogP) is 3.02. The normalized spacial score (nSPS) is 16.6. The molecule has 0 aromatic heterocycles. The molecule has 4 rings (SSSR count). The van der Waals surface area contributed by atoms with Crippen LogP contribution in [0.25, 0.3) is 0 Å². The number of fused-ring (bicyclic) bond motifs is 1. The van der Waals surface area contributed by atoms with Gasteiger partial charge in [0.25, 0.3) is 0 Å². The average molecular weight is 485 g/mol. The van der Waals surface area contributed by atoms with Crippen molar-refractivity contribution in [2.45, 2.75) is 19.6 Å². The van der Waals surface area contributed by atoms with E-state index >= 15 is 0 Å². The Labute approximate surface area is 201 Å². The number of benzene rings is 2. The maximum Gasteiger partial charge on any atom is 0.231 e. The van der Waals surface area contributed by atoms with Crippen molar-refractivity contribution in [3.05, 3.63) is 53.6 Å². The van der Waals surface area contributed by atoms with Gasteiger partial charge >= 0.3 is 0 Å². The maximum atomic E-state index is 11.7. The zero-order valence-electron chi connectivity index (χ0n) is 18.1. The molecule has 2 heterocycles. The molecule has 0 bridgehead atoms. The first-order valence-electron chi connectivity index (χ1n) is 10.3. The number of ketones is 1. The first-order valence-corrected chi connectivity index (χ1v) is 10.3. The molecule has 0 radical (unpaired) electrons. The zero-order valence-corrected chi connectivity index (χ0v) is 19.7. The number of aliphatic hydroxyl groups is 1. The lowest BCUT2D eigenvalue weighted by Crippen LogP contribution is -2.48. The molecule has 2 aliphatic heterocycles. The van der Waals surface area contributed by atoms with E-state index in [4.69, 9.17) is 14.2 Å². The smallest absolute Gasteiger partial charge is 0.231 e. The van der Waals surface area contributed by atoms with Gasteiger partial charge in [-0.2, -0.15) is 0 Å². The Balaban J connectivity index is 0.00000181. The third kappa shape index (κ3) is 6.73. The molecule has 7 nitrogen and oxygen atoms in total. The number of rotatable bonds is 8. The van der Waals surface area contributed by atoms with Crippen molar-refractivity contribution >= 4 is 30.6 Å². The van der Waals surface area contributed by atoms with Gasteiger partial charge in [-0.25, -0.2) is 0 Å². The largest absolute Gasteiger partial charge is 0.490 e. The number of piperazine rings is 1. The zero-order chi connectivity index (χ0) is 20.9. The van der Waals surface area contributed by atoms with Crippen molar-refractivity contribution in [1.29, 1.82) is 0 Å². The molecule has 1 saturated heterocycles. The molecule has 0 aliphatic carbocycles. The average Bonchev–Trinajstić information content (AvgIpc) is 3.22. The van der Waals surface area contributed by atoms with Gasteiger partial charge in [0.2, 0.25) is 6.79 Å². The van der Waals surface area contributed by atoms with Gasteiger partial charge in [-0.15, -0.1) is 24.8 Å². The highest BCUT2D eigenvalue weighted by Gasteiger charge is 2.21. The quantitative estimate of drug-likeness (QED) is 0.577. The summed E-state index contributed by atoms with van der Waals surface area (Å²) in [6.45, 7) is 7.08. The number of aliphatic hydroxyl groups excluding tert-OH is 1. The summed E-state index contributed by atoms with van der Waals surface area (Å²) in [5.74, 6) is 2.11. The molecule has 0 amide bonds. The van der Waals surface area contributed by atoms with Gasteiger partial charge in [0.1, 0.15) is 18.5 Å². The Morgan fingerprint density at radius 2 is 1.72 bits per heavy atom. The van der Waals surface area contributed by atoms with Gasteiger partial charge in [-0.05, 0) is 36.8 Å². The molecule has 9 heteroatoms. The van der Waals surface area contributed by atoms with Crippen molar-refractivity contribution in [3.8, 4) is 17.2 Å². The second kappa shape index (κ2) is 12.3. The fourth-order valence-electron chi connectivity index (χ4n) is 3.85. The van der Waals surface area contributed by atoms with Gasteiger partial charge in [0.05, 0.1) is 5.56 Å². The summed E-state index contributed by atoms with van der Waals surface area (Å²) in [4.78, 5) is 16.3. The highest BCUT2D eigenvalue weighted by Crippen LogP contribution is 2.32. The summed E-state index contributed by atoms with van der Waals surface area (Å²) in [6.07, 6.45) is -0.606. The molecule has 1 fully saturated rings. The molecule has 2 aliphatic rings. The minimum absolute atomic E-state index is 0. The predicted molar refractivity (Wildman–Crippen MR) is 127 cm³/mol. The summed E-state index contributed by atoms with van der Waals surface area (Å²) < 4.78 is 16.5. The minimum atomic E-state index is -0.606. The van der Waals surface area contributed by atoms with E-state index in [1.807, 2.05) is 18.2 Å². The summed E-state index contributed by atoms with van der Waals surface area (Å²) in [5, 5.41) is 10.4. The Morgan fingerprint density at radius 3 is 2.47 bits per heavy atom. The first kappa shape index (κ1) is 26.2. The van der Waals surface area contributed by atoms with Gasteiger partial charge in [-0.3, -0.25) is 14.6 Å². The highest BCUT2D eigenvalue weighted by atomic mass is 35.5. The van der Waals surface area contributed by atoms with E-state index in [1.54, 1.807) is 12.1 Å². The van der Waals surface area contributed by atoms with E-state index in [1.165, 1.54) is 12.5 Å². The van der Waals surface area contributed by atoms with Crippen molar-refractivity contribution in [1.82, 2.24) is 9.80 Å². The van der Waals surface area contributed by atoms with Crippen LogP contribution in [-0.4, -0.2) is 72.9 Å². The maximum absolute atomic E-state index is 11.7. The lowest BCUT2D eigenvalue weighted by atomic mass is 10.1. The van der Waals surface area contributed by atoms with E-state index in [2.05, 4.69) is 21.9 Å². The standard InChI is InChI=1S/C23H28N2O5.2ClH/c1-17(26)20-4-2-3-5-21(20)28-15-19(27)14-25-10-8-24(9-11-25)13-18-6-7-22-23(12-18)30-16-29-22;;/h2-7,12,19,27H,8-11,13-16H2,1H3;2*1H. The molecule has 2 aromatic rings. The third-order valence-corrected chi connectivity index (χ3v) is 5.47. The Morgan fingerprint density at radius 1 is 1.03 bits per heavy atom. The van der Waals surface area contributed by atoms with Crippen LogP contribution in [0.3, 0.4) is 0 Å². The van der Waals surface area contributed by atoms with Crippen LogP contribution in [0.2, 0.25) is 0 Å². The summed E-state index contributed by atoms with van der Waals surface area (Å²) >= 11 is 0. The first-order chi connectivity index (χ1) is 14.6. The molecule has 0 spiro atoms. The molecule has 1 unspecified atom stereocenters. The van der Waals surface area contributed by atoms with Crippen LogP contribution >= 0.6 is 24.8 Å². The number of hydrogen-bond acceptors (Lipinski definition) is 7. The van der Waals surface area contributed by atoms with E-state index < -0.39 is 6.10 Å². The molecular formula is C23H30Cl2N2O5. The van der Waals surface area contributed by atoms with Crippen LogP contribution < -0.4 is 14.2 Å². The second-order valence-corrected chi connectivity index (χ2v) is 7.78. The molecule has 1 N–H and O–H groups in total. The summed E-state index contributed by atoms with van der Waals surface area (Å²) in [5.41, 5.74) is 1.76. The number of halogens is 2. The van der Waals surface area contributed by atoms with E-state index in [-0.39, 0.29) is 37.2 Å². The molecule has 176 valence electrons. The second-order valence-electron chi connectivity index (χ2n) is 7.78. The van der Waals surface area contributed by atoms with Crippen LogP contribution in [0.4, 0.5) is 0 Å². The minimum Gasteiger partial charge on any atom is -0.490 e. The van der Waals surface area contributed by atoms with Crippen LogP contribution in [0.15, 0.2) is 42.5 Å². The molecular weight excluding hydrogens is 455 g/mol. The number of hydrogen-bond donors (Lipinski definition) is 1. The summed E-state index contributed by atoms with van der Waals surface area (Å²) in [6, 6.07) is 13.2. The Kier molecular flexibility index (Phi) is 10.1. The number of Topliss-reactive ketones (excluding diaryl/α,β-unsaturated/α-hetero) is 1. The highest BCUT2D eigenvalue weighted by molar-refractivity contribution is 5.96. The van der Waals surface area contributed by atoms with Crippen LogP contribution in [0, 0.1) is 0 Å². The van der Waals surface area contributed by atoms with Crippen molar-refractivity contribution in [2.75, 3.05) is 46.1 Å². The van der Waals surface area contributed by atoms with E-state index in [9.17, 15) is 9.90 Å². The lowest BCUT2D eigenvalue weighted by molar-refractivity contribution is 0.0443. The lowest BCUT2D eigenvalue weighted by Gasteiger charge is -2.35. The monoisotopic (exact) mass is 484 g/mol. The number of nitrogens with zero attached hydrogens (tertiary/aromatic N) is 2. The van der Waals surface area contributed by atoms with Crippen LogP contribution in [-0.2, 0) is 6.54 Å². The van der Waals surface area contributed by atoms with Gasteiger partial charge < -0.3 is 19.3 Å². The fraction of sp³-hybridized carbons (Fsp3) is 0.435. The molecule has 32 heavy (non-hydrogen) atoms. The van der Waals surface area contributed by atoms with Gasteiger partial charge in [-0.1, -0.05) is 18.2 Å². The van der Waals surface area contributed by atoms with Crippen molar-refractivity contribution < 1.29 is 24.1 Å². The van der Waals surface area contributed by atoms with Gasteiger partial charge in [0.15, 0.2) is 17.3 Å². The van der Waals surface area contributed by atoms with Crippen molar-refractivity contribution in [3.63, 3.8) is 0 Å². The van der Waals surface area contributed by atoms with E-state index in [0.29, 0.717) is 24.7 Å². The van der Waals surface area contributed by atoms with E-state index in [0.717, 1.165) is 44.2 Å². The van der Waals surface area contributed by atoms with Gasteiger partial charge in [0, 0.05) is 39.3 Å². The Hall–Kier alpha value is -2.03. The SMILES string of the molecule is CC(=O)c1ccccc1OCC(O)CN1CCN(Cc2ccc3c(c2)OCO3)CC1.Cl.Cl. The van der Waals surface area contributed by atoms with Crippen molar-refractivity contribution in [2.24, 2.45) is 0 Å². The third-order valence-electron chi connectivity index (χ3n) is 5.47. The van der Waals surface area contributed by atoms with Crippen LogP contribution in [0.5, 0.6) is 17.2 Å². The molecule has 0 saturated carbocycles. The molecule has 1 atom stereocenters. The summed E-state index contributed by atoms with van der Waals surface area (Å²) in [7, 11) is 0. The number of carbonyl (C=O) groups excluding carboxylic acids is 1. The number of β-amino-alcohol motifs (C(OH)–C–C–N with tert-alkyl or cyclic N) is 1. The van der Waals surface area contributed by atoms with Crippen LogP contribution in [0.1, 0.15) is 22.8 Å². The molecule has 2 aromatic carbocycles. The number of para-hydroxylation sites is 1. The number of carbonyl (C=O) groups is 1.